The Morgan fingerprint density at radius 2 is 1.75 bits per heavy atom. The summed E-state index contributed by atoms with van der Waals surface area (Å²) in [4.78, 5) is 17.4. The standard InChI is InChI=1S/C26H27N3O3/c1-19-11-13-20(14-12-19)32-18-17-29-23-9-5-4-8-22(23)28-25(29)15-16-27-26(30)21-7-3-6-10-24(21)31-2/h3-14H,15-18H2,1-2H3,(H,27,30). The molecule has 1 heterocycles. The van der Waals surface area contributed by atoms with E-state index in [9.17, 15) is 4.79 Å². The summed E-state index contributed by atoms with van der Waals surface area (Å²) in [6, 6.07) is 23.3. The van der Waals surface area contributed by atoms with Gasteiger partial charge in [0.2, 0.25) is 0 Å². The molecule has 4 aromatic rings. The molecule has 0 bridgehead atoms. The maximum atomic E-state index is 12.6. The van der Waals surface area contributed by atoms with Gasteiger partial charge in [0, 0.05) is 13.0 Å². The van der Waals surface area contributed by atoms with E-state index >= 15 is 0 Å². The second-order valence-corrected chi connectivity index (χ2v) is 7.54. The predicted molar refractivity (Wildman–Crippen MR) is 125 cm³/mol. The van der Waals surface area contributed by atoms with Crippen LogP contribution < -0.4 is 14.8 Å². The molecular weight excluding hydrogens is 402 g/mol. The van der Waals surface area contributed by atoms with Gasteiger partial charge in [-0.15, -0.1) is 0 Å². The van der Waals surface area contributed by atoms with Crippen molar-refractivity contribution >= 4 is 16.9 Å². The van der Waals surface area contributed by atoms with Crippen molar-refractivity contribution in [2.45, 2.75) is 19.9 Å². The van der Waals surface area contributed by atoms with Gasteiger partial charge >= 0.3 is 0 Å². The molecule has 0 saturated heterocycles. The first-order valence-corrected chi connectivity index (χ1v) is 10.7. The highest BCUT2D eigenvalue weighted by Gasteiger charge is 2.13. The summed E-state index contributed by atoms with van der Waals surface area (Å²) < 4.78 is 13.4. The number of amides is 1. The molecule has 3 aromatic carbocycles. The maximum Gasteiger partial charge on any atom is 0.255 e. The quantitative estimate of drug-likeness (QED) is 0.428. The zero-order valence-electron chi connectivity index (χ0n) is 18.4. The third kappa shape index (κ3) is 4.91. The fourth-order valence-corrected chi connectivity index (χ4v) is 3.67. The summed E-state index contributed by atoms with van der Waals surface area (Å²) in [6.07, 6.45) is 0.611. The number of nitrogens with zero attached hydrogens (tertiary/aromatic N) is 2. The molecule has 164 valence electrons. The van der Waals surface area contributed by atoms with Crippen molar-refractivity contribution in [2.75, 3.05) is 20.3 Å². The number of carbonyl (C=O) groups is 1. The van der Waals surface area contributed by atoms with Crippen molar-refractivity contribution in [3.05, 3.63) is 89.7 Å². The second kappa shape index (κ2) is 10.0. The van der Waals surface area contributed by atoms with Gasteiger partial charge in [0.25, 0.3) is 5.91 Å². The monoisotopic (exact) mass is 429 g/mol. The third-order valence-corrected chi connectivity index (χ3v) is 5.32. The number of para-hydroxylation sites is 3. The first kappa shape index (κ1) is 21.4. The van der Waals surface area contributed by atoms with E-state index in [4.69, 9.17) is 14.5 Å². The van der Waals surface area contributed by atoms with Crippen LogP contribution in [0.4, 0.5) is 0 Å². The van der Waals surface area contributed by atoms with Crippen molar-refractivity contribution in [2.24, 2.45) is 0 Å². The van der Waals surface area contributed by atoms with Crippen LogP contribution >= 0.6 is 0 Å². The highest BCUT2D eigenvalue weighted by molar-refractivity contribution is 5.96. The van der Waals surface area contributed by atoms with Gasteiger partial charge in [-0.25, -0.2) is 4.98 Å². The highest BCUT2D eigenvalue weighted by atomic mass is 16.5. The predicted octanol–water partition coefficient (Wildman–Crippen LogP) is 4.40. The van der Waals surface area contributed by atoms with E-state index in [0.717, 1.165) is 22.6 Å². The van der Waals surface area contributed by atoms with Crippen molar-refractivity contribution in [1.82, 2.24) is 14.9 Å². The molecule has 0 atom stereocenters. The van der Waals surface area contributed by atoms with Gasteiger partial charge in [-0.1, -0.05) is 42.0 Å². The van der Waals surface area contributed by atoms with Gasteiger partial charge in [-0.2, -0.15) is 0 Å². The Kier molecular flexibility index (Phi) is 6.70. The number of hydrogen-bond acceptors (Lipinski definition) is 4. The number of nitrogens with one attached hydrogen (secondary N) is 1. The molecule has 6 heteroatoms. The first-order valence-electron chi connectivity index (χ1n) is 10.7. The zero-order chi connectivity index (χ0) is 22.3. The van der Waals surface area contributed by atoms with E-state index < -0.39 is 0 Å². The van der Waals surface area contributed by atoms with Crippen LogP contribution in [0, 0.1) is 6.92 Å². The van der Waals surface area contributed by atoms with Gasteiger partial charge in [-0.05, 0) is 43.3 Å². The number of benzene rings is 3. The van der Waals surface area contributed by atoms with Crippen LogP contribution in [0.1, 0.15) is 21.7 Å². The summed E-state index contributed by atoms with van der Waals surface area (Å²) in [5.41, 5.74) is 3.73. The van der Waals surface area contributed by atoms with Crippen LogP contribution in [-0.2, 0) is 13.0 Å². The highest BCUT2D eigenvalue weighted by Crippen LogP contribution is 2.19. The smallest absolute Gasteiger partial charge is 0.255 e. The number of hydrogen-bond donors (Lipinski definition) is 1. The molecule has 6 nitrogen and oxygen atoms in total. The average molecular weight is 430 g/mol. The van der Waals surface area contributed by atoms with Gasteiger partial charge in [0.15, 0.2) is 0 Å². The van der Waals surface area contributed by atoms with E-state index in [2.05, 4.69) is 22.9 Å². The molecule has 0 fully saturated rings. The summed E-state index contributed by atoms with van der Waals surface area (Å²) in [5, 5.41) is 2.98. The molecule has 0 saturated carbocycles. The summed E-state index contributed by atoms with van der Waals surface area (Å²) in [5.74, 6) is 2.17. The Morgan fingerprint density at radius 1 is 1.00 bits per heavy atom. The number of aryl methyl sites for hydroxylation is 1. The van der Waals surface area contributed by atoms with E-state index in [1.165, 1.54) is 5.56 Å². The van der Waals surface area contributed by atoms with E-state index in [0.29, 0.717) is 37.4 Å². The fraction of sp³-hybridized carbons (Fsp3) is 0.231. The molecule has 4 rings (SSSR count). The Morgan fingerprint density at radius 3 is 2.56 bits per heavy atom. The molecule has 1 amide bonds. The number of rotatable bonds is 9. The minimum atomic E-state index is -0.159. The number of fused-ring (bicyclic) bond motifs is 1. The molecule has 0 aliphatic rings. The molecular formula is C26H27N3O3. The van der Waals surface area contributed by atoms with Gasteiger partial charge < -0.3 is 19.4 Å². The Labute approximate surface area is 187 Å². The van der Waals surface area contributed by atoms with Crippen LogP contribution in [-0.4, -0.2) is 35.7 Å². The second-order valence-electron chi connectivity index (χ2n) is 7.54. The van der Waals surface area contributed by atoms with Crippen molar-refractivity contribution in [1.29, 1.82) is 0 Å². The SMILES string of the molecule is COc1ccccc1C(=O)NCCc1nc2ccccc2n1CCOc1ccc(C)cc1. The fourth-order valence-electron chi connectivity index (χ4n) is 3.67. The van der Waals surface area contributed by atoms with Gasteiger partial charge in [0.05, 0.1) is 30.3 Å². The number of ether oxygens (including phenoxy) is 2. The molecule has 32 heavy (non-hydrogen) atoms. The van der Waals surface area contributed by atoms with E-state index in [1.54, 1.807) is 19.2 Å². The lowest BCUT2D eigenvalue weighted by Gasteiger charge is -2.12. The molecule has 0 aliphatic carbocycles. The van der Waals surface area contributed by atoms with E-state index in [-0.39, 0.29) is 5.91 Å². The van der Waals surface area contributed by atoms with Crippen LogP contribution in [0.15, 0.2) is 72.8 Å². The summed E-state index contributed by atoms with van der Waals surface area (Å²) >= 11 is 0. The number of aromatic nitrogens is 2. The number of imidazole rings is 1. The maximum absolute atomic E-state index is 12.6. The lowest BCUT2D eigenvalue weighted by Crippen LogP contribution is -2.27. The van der Waals surface area contributed by atoms with Crippen molar-refractivity contribution in [3.63, 3.8) is 0 Å². The number of methoxy groups -OCH3 is 1. The zero-order valence-corrected chi connectivity index (χ0v) is 18.4. The molecule has 0 spiro atoms. The Balaban J connectivity index is 1.42. The van der Waals surface area contributed by atoms with Crippen molar-refractivity contribution in [3.8, 4) is 11.5 Å². The molecule has 0 aliphatic heterocycles. The van der Waals surface area contributed by atoms with Gasteiger partial charge in [-0.3, -0.25) is 4.79 Å². The van der Waals surface area contributed by atoms with Gasteiger partial charge in [0.1, 0.15) is 23.9 Å². The van der Waals surface area contributed by atoms with Crippen LogP contribution in [0.5, 0.6) is 11.5 Å². The molecule has 1 aromatic heterocycles. The molecule has 1 N–H and O–H groups in total. The summed E-state index contributed by atoms with van der Waals surface area (Å²) in [7, 11) is 1.56. The first-order chi connectivity index (χ1) is 15.7. The van der Waals surface area contributed by atoms with Crippen LogP contribution in [0.2, 0.25) is 0 Å². The van der Waals surface area contributed by atoms with Crippen LogP contribution in [0.25, 0.3) is 11.0 Å². The Bertz CT molecular complexity index is 1200. The van der Waals surface area contributed by atoms with Crippen LogP contribution in [0.3, 0.4) is 0 Å². The average Bonchev–Trinajstić information content (AvgIpc) is 3.17. The lowest BCUT2D eigenvalue weighted by atomic mass is 10.2. The number of carbonyl (C=O) groups excluding carboxylic acids is 1. The lowest BCUT2D eigenvalue weighted by molar-refractivity contribution is 0.0951. The van der Waals surface area contributed by atoms with E-state index in [1.807, 2.05) is 54.6 Å². The summed E-state index contributed by atoms with van der Waals surface area (Å²) in [6.45, 7) is 3.73. The van der Waals surface area contributed by atoms with Crippen molar-refractivity contribution < 1.29 is 14.3 Å². The molecule has 0 radical (unpaired) electrons. The largest absolute Gasteiger partial charge is 0.496 e. The Hall–Kier alpha value is -3.80. The minimum absolute atomic E-state index is 0.159. The topological polar surface area (TPSA) is 65.4 Å². The minimum Gasteiger partial charge on any atom is -0.496 e. The normalized spacial score (nSPS) is 10.8. The molecule has 0 unspecified atom stereocenters. The third-order valence-electron chi connectivity index (χ3n) is 5.32.